The molecule has 0 spiro atoms. The minimum Gasteiger partial charge on any atom is -0.370 e. The fourth-order valence-corrected chi connectivity index (χ4v) is 1.49. The van der Waals surface area contributed by atoms with Gasteiger partial charge in [0.1, 0.15) is 11.0 Å². The molecule has 0 amide bonds. The van der Waals surface area contributed by atoms with Crippen LogP contribution in [-0.4, -0.2) is 42.1 Å². The zero-order valence-electron chi connectivity index (χ0n) is 9.70. The Bertz CT molecular complexity index is 309. The second-order valence-corrected chi connectivity index (χ2v) is 4.26. The van der Waals surface area contributed by atoms with Crippen molar-refractivity contribution in [3.05, 3.63) is 11.2 Å². The van der Waals surface area contributed by atoms with Gasteiger partial charge in [-0.1, -0.05) is 11.6 Å². The summed E-state index contributed by atoms with van der Waals surface area (Å²) in [7, 11) is 4.14. The van der Waals surface area contributed by atoms with E-state index in [-0.39, 0.29) is 5.95 Å². The third-order valence-corrected chi connectivity index (χ3v) is 2.24. The van der Waals surface area contributed by atoms with Crippen LogP contribution in [0.4, 0.5) is 11.8 Å². The molecular formula is C10H18ClN5. The van der Waals surface area contributed by atoms with Gasteiger partial charge >= 0.3 is 0 Å². The molecule has 0 aromatic carbocycles. The lowest BCUT2D eigenvalue weighted by Crippen LogP contribution is -2.14. The normalized spacial score (nSPS) is 10.8. The Morgan fingerprint density at radius 3 is 2.75 bits per heavy atom. The fourth-order valence-electron chi connectivity index (χ4n) is 1.30. The zero-order valence-corrected chi connectivity index (χ0v) is 10.5. The molecule has 90 valence electrons. The SMILES string of the molecule is CN(C)CCCCNc1cc(Cl)nc(N)n1. The number of halogens is 1. The average Bonchev–Trinajstić information content (AvgIpc) is 2.15. The van der Waals surface area contributed by atoms with Gasteiger partial charge in [0.05, 0.1) is 0 Å². The van der Waals surface area contributed by atoms with E-state index in [0.717, 1.165) is 25.9 Å². The van der Waals surface area contributed by atoms with Gasteiger partial charge in [0, 0.05) is 12.6 Å². The smallest absolute Gasteiger partial charge is 0.223 e. The number of hydrogen-bond donors (Lipinski definition) is 2. The minimum absolute atomic E-state index is 0.197. The van der Waals surface area contributed by atoms with Crippen molar-refractivity contribution in [3.63, 3.8) is 0 Å². The van der Waals surface area contributed by atoms with E-state index in [1.54, 1.807) is 6.07 Å². The molecule has 0 aliphatic rings. The summed E-state index contributed by atoms with van der Waals surface area (Å²) < 4.78 is 0. The van der Waals surface area contributed by atoms with Crippen molar-refractivity contribution in [2.45, 2.75) is 12.8 Å². The fraction of sp³-hybridized carbons (Fsp3) is 0.600. The highest BCUT2D eigenvalue weighted by Gasteiger charge is 1.99. The van der Waals surface area contributed by atoms with Gasteiger partial charge in [-0.3, -0.25) is 0 Å². The van der Waals surface area contributed by atoms with Gasteiger partial charge in [0.25, 0.3) is 0 Å². The highest BCUT2D eigenvalue weighted by Crippen LogP contribution is 2.12. The number of nitrogens with one attached hydrogen (secondary N) is 1. The van der Waals surface area contributed by atoms with Gasteiger partial charge < -0.3 is 16.0 Å². The molecule has 0 aliphatic heterocycles. The Morgan fingerprint density at radius 1 is 1.38 bits per heavy atom. The van der Waals surface area contributed by atoms with E-state index in [4.69, 9.17) is 17.3 Å². The molecule has 0 radical (unpaired) electrons. The molecule has 0 bridgehead atoms. The first-order valence-corrected chi connectivity index (χ1v) is 5.64. The molecule has 1 aromatic heterocycles. The number of nitrogens with two attached hydrogens (primary N) is 1. The van der Waals surface area contributed by atoms with Crippen LogP contribution in [0.5, 0.6) is 0 Å². The summed E-state index contributed by atoms with van der Waals surface area (Å²) in [6.07, 6.45) is 2.23. The average molecular weight is 244 g/mol. The number of rotatable bonds is 6. The van der Waals surface area contributed by atoms with Gasteiger partial charge in [-0.15, -0.1) is 0 Å². The molecule has 16 heavy (non-hydrogen) atoms. The van der Waals surface area contributed by atoms with Crippen molar-refractivity contribution in [1.82, 2.24) is 14.9 Å². The summed E-state index contributed by atoms with van der Waals surface area (Å²) in [6.45, 7) is 1.95. The molecule has 0 saturated carbocycles. The first-order chi connectivity index (χ1) is 7.58. The van der Waals surface area contributed by atoms with Crippen molar-refractivity contribution < 1.29 is 0 Å². The number of unbranched alkanes of at least 4 members (excludes halogenated alkanes) is 1. The van der Waals surface area contributed by atoms with Crippen molar-refractivity contribution in [2.24, 2.45) is 0 Å². The molecule has 5 nitrogen and oxygen atoms in total. The van der Waals surface area contributed by atoms with Crippen LogP contribution < -0.4 is 11.1 Å². The van der Waals surface area contributed by atoms with Gasteiger partial charge in [-0.2, -0.15) is 4.98 Å². The number of anilines is 2. The lowest BCUT2D eigenvalue weighted by Gasteiger charge is -2.09. The Kier molecular flexibility index (Phi) is 5.28. The van der Waals surface area contributed by atoms with Gasteiger partial charge in [-0.05, 0) is 33.5 Å². The van der Waals surface area contributed by atoms with Crippen molar-refractivity contribution in [2.75, 3.05) is 38.2 Å². The topological polar surface area (TPSA) is 67.1 Å². The van der Waals surface area contributed by atoms with E-state index in [9.17, 15) is 0 Å². The molecule has 1 aromatic rings. The van der Waals surface area contributed by atoms with Crippen LogP contribution >= 0.6 is 11.6 Å². The second kappa shape index (κ2) is 6.50. The molecule has 3 N–H and O–H groups in total. The Morgan fingerprint density at radius 2 is 2.12 bits per heavy atom. The second-order valence-electron chi connectivity index (χ2n) is 3.87. The molecular weight excluding hydrogens is 226 g/mol. The van der Waals surface area contributed by atoms with Crippen molar-refractivity contribution in [3.8, 4) is 0 Å². The van der Waals surface area contributed by atoms with E-state index >= 15 is 0 Å². The summed E-state index contributed by atoms with van der Waals surface area (Å²) in [5.41, 5.74) is 5.48. The summed E-state index contributed by atoms with van der Waals surface area (Å²) in [6, 6.07) is 1.67. The zero-order chi connectivity index (χ0) is 12.0. The Labute approximate surface area is 101 Å². The third-order valence-electron chi connectivity index (χ3n) is 2.05. The maximum Gasteiger partial charge on any atom is 0.223 e. The molecule has 0 fully saturated rings. The van der Waals surface area contributed by atoms with Crippen LogP contribution in [0.3, 0.4) is 0 Å². The van der Waals surface area contributed by atoms with Crippen LogP contribution in [0.25, 0.3) is 0 Å². The standard InChI is InChI=1S/C10H18ClN5/c1-16(2)6-4-3-5-13-9-7-8(11)14-10(12)15-9/h7H,3-6H2,1-2H3,(H3,12,13,14,15). The number of nitrogens with zero attached hydrogens (tertiary/aromatic N) is 3. The van der Waals surface area contributed by atoms with Gasteiger partial charge in [0.2, 0.25) is 5.95 Å². The maximum absolute atomic E-state index is 5.75. The molecule has 0 unspecified atom stereocenters. The summed E-state index contributed by atoms with van der Waals surface area (Å²) in [5.74, 6) is 0.880. The van der Waals surface area contributed by atoms with Crippen LogP contribution in [0.15, 0.2) is 6.07 Å². The molecule has 1 rings (SSSR count). The van der Waals surface area contributed by atoms with Crippen molar-refractivity contribution >= 4 is 23.4 Å². The summed E-state index contributed by atoms with van der Waals surface area (Å²) in [5, 5.41) is 3.53. The quantitative estimate of drug-likeness (QED) is 0.585. The van der Waals surface area contributed by atoms with E-state index in [0.29, 0.717) is 11.0 Å². The van der Waals surface area contributed by atoms with Gasteiger partial charge in [0.15, 0.2) is 0 Å². The van der Waals surface area contributed by atoms with Crippen molar-refractivity contribution in [1.29, 1.82) is 0 Å². The third kappa shape index (κ3) is 5.14. The first-order valence-electron chi connectivity index (χ1n) is 5.26. The molecule has 0 saturated heterocycles. The number of nitrogen functional groups attached to an aromatic ring is 1. The predicted molar refractivity (Wildman–Crippen MR) is 67.7 cm³/mol. The van der Waals surface area contributed by atoms with E-state index in [1.807, 2.05) is 0 Å². The van der Waals surface area contributed by atoms with E-state index in [2.05, 4.69) is 34.3 Å². The first kappa shape index (κ1) is 13.0. The molecule has 1 heterocycles. The van der Waals surface area contributed by atoms with Crippen LogP contribution in [0, 0.1) is 0 Å². The Balaban J connectivity index is 2.26. The summed E-state index contributed by atoms with van der Waals surface area (Å²) in [4.78, 5) is 9.98. The molecule has 6 heteroatoms. The monoisotopic (exact) mass is 243 g/mol. The number of aromatic nitrogens is 2. The van der Waals surface area contributed by atoms with Crippen LogP contribution in [-0.2, 0) is 0 Å². The van der Waals surface area contributed by atoms with Gasteiger partial charge in [-0.25, -0.2) is 4.98 Å². The highest BCUT2D eigenvalue weighted by atomic mass is 35.5. The van der Waals surface area contributed by atoms with E-state index < -0.39 is 0 Å². The predicted octanol–water partition coefficient (Wildman–Crippen LogP) is 1.47. The highest BCUT2D eigenvalue weighted by molar-refractivity contribution is 6.29. The lowest BCUT2D eigenvalue weighted by molar-refractivity contribution is 0.396. The summed E-state index contributed by atoms with van der Waals surface area (Å²) >= 11 is 5.75. The maximum atomic E-state index is 5.75. The molecule has 0 aliphatic carbocycles. The largest absolute Gasteiger partial charge is 0.370 e. The lowest BCUT2D eigenvalue weighted by atomic mass is 10.3. The van der Waals surface area contributed by atoms with Crippen LogP contribution in [0.2, 0.25) is 5.15 Å². The number of hydrogen-bond acceptors (Lipinski definition) is 5. The molecule has 0 atom stereocenters. The van der Waals surface area contributed by atoms with E-state index in [1.165, 1.54) is 0 Å². The van der Waals surface area contributed by atoms with Crippen LogP contribution in [0.1, 0.15) is 12.8 Å². The minimum atomic E-state index is 0.197. The Hall–Kier alpha value is -1.07.